The van der Waals surface area contributed by atoms with Crippen LogP contribution in [0.4, 0.5) is 5.69 Å². The molecule has 3 heterocycles. The molecule has 0 radical (unpaired) electrons. The standard InChI is InChI=1S/C18H20N4/c1-2-4-15(5-3-1)12-18-20-14-17-13-16(6-9-22(17)18)21-10-7-19-8-11-21/h1-6,9,13-14,19H,7-8,10-12H2. The summed E-state index contributed by atoms with van der Waals surface area (Å²) in [7, 11) is 0. The van der Waals surface area contributed by atoms with Crippen LogP contribution in [0, 0.1) is 0 Å². The summed E-state index contributed by atoms with van der Waals surface area (Å²) in [6, 6.07) is 14.9. The molecule has 22 heavy (non-hydrogen) atoms. The molecule has 2 aromatic heterocycles. The van der Waals surface area contributed by atoms with Crippen LogP contribution >= 0.6 is 0 Å². The normalized spacial score (nSPS) is 15.4. The fraction of sp³-hybridized carbons (Fsp3) is 0.278. The molecule has 1 N–H and O–H groups in total. The van der Waals surface area contributed by atoms with E-state index in [-0.39, 0.29) is 0 Å². The Morgan fingerprint density at radius 2 is 1.86 bits per heavy atom. The fourth-order valence-corrected chi connectivity index (χ4v) is 3.07. The number of piperazine rings is 1. The zero-order chi connectivity index (χ0) is 14.8. The quantitative estimate of drug-likeness (QED) is 0.804. The molecule has 0 amide bonds. The predicted octanol–water partition coefficient (Wildman–Crippen LogP) is 2.33. The summed E-state index contributed by atoms with van der Waals surface area (Å²) in [5.74, 6) is 1.09. The lowest BCUT2D eigenvalue weighted by atomic mass is 10.1. The molecule has 1 fully saturated rings. The van der Waals surface area contributed by atoms with Gasteiger partial charge in [-0.25, -0.2) is 4.98 Å². The number of pyridine rings is 1. The molecule has 1 saturated heterocycles. The average molecular weight is 292 g/mol. The van der Waals surface area contributed by atoms with Crippen molar-refractivity contribution in [3.63, 3.8) is 0 Å². The van der Waals surface area contributed by atoms with E-state index in [0.29, 0.717) is 0 Å². The SMILES string of the molecule is c1ccc(Cc2ncc3cc(N4CCNCC4)ccn23)cc1. The highest BCUT2D eigenvalue weighted by Crippen LogP contribution is 2.19. The van der Waals surface area contributed by atoms with Gasteiger partial charge in [-0.2, -0.15) is 0 Å². The Hall–Kier alpha value is -2.33. The number of benzene rings is 1. The molecule has 0 aliphatic carbocycles. The highest BCUT2D eigenvalue weighted by Gasteiger charge is 2.12. The third-order valence-electron chi connectivity index (χ3n) is 4.28. The van der Waals surface area contributed by atoms with Crippen molar-refractivity contribution in [3.8, 4) is 0 Å². The molecule has 0 spiro atoms. The Kier molecular flexibility index (Phi) is 3.52. The molecule has 4 rings (SSSR count). The van der Waals surface area contributed by atoms with Crippen molar-refractivity contribution in [3.05, 3.63) is 66.2 Å². The molecule has 1 aromatic carbocycles. The van der Waals surface area contributed by atoms with Gasteiger partial charge in [0.1, 0.15) is 5.82 Å². The molecular weight excluding hydrogens is 272 g/mol. The molecule has 4 heteroatoms. The van der Waals surface area contributed by atoms with Gasteiger partial charge in [-0.1, -0.05) is 30.3 Å². The summed E-state index contributed by atoms with van der Waals surface area (Å²) >= 11 is 0. The van der Waals surface area contributed by atoms with Crippen molar-refractivity contribution in [2.24, 2.45) is 0 Å². The van der Waals surface area contributed by atoms with Gasteiger partial charge in [0.25, 0.3) is 0 Å². The Morgan fingerprint density at radius 1 is 1.05 bits per heavy atom. The van der Waals surface area contributed by atoms with Gasteiger partial charge in [0.2, 0.25) is 0 Å². The maximum Gasteiger partial charge on any atom is 0.117 e. The molecule has 1 aliphatic heterocycles. The van der Waals surface area contributed by atoms with Crippen LogP contribution < -0.4 is 10.2 Å². The van der Waals surface area contributed by atoms with Crippen LogP contribution in [0.3, 0.4) is 0 Å². The predicted molar refractivity (Wildman–Crippen MR) is 89.5 cm³/mol. The van der Waals surface area contributed by atoms with Gasteiger partial charge < -0.3 is 14.6 Å². The van der Waals surface area contributed by atoms with Gasteiger partial charge in [-0.05, 0) is 17.7 Å². The summed E-state index contributed by atoms with van der Waals surface area (Å²) in [5.41, 5.74) is 3.75. The Bertz CT molecular complexity index is 757. The minimum Gasteiger partial charge on any atom is -0.369 e. The molecule has 0 bridgehead atoms. The second-order valence-corrected chi connectivity index (χ2v) is 5.75. The van der Waals surface area contributed by atoms with E-state index in [4.69, 9.17) is 0 Å². The van der Waals surface area contributed by atoms with Crippen molar-refractivity contribution in [1.82, 2.24) is 14.7 Å². The van der Waals surface area contributed by atoms with E-state index in [0.717, 1.165) is 38.4 Å². The maximum atomic E-state index is 4.61. The van der Waals surface area contributed by atoms with Gasteiger partial charge >= 0.3 is 0 Å². The molecule has 1 aliphatic rings. The van der Waals surface area contributed by atoms with Gasteiger partial charge in [0, 0.05) is 44.5 Å². The monoisotopic (exact) mass is 292 g/mol. The summed E-state index contributed by atoms with van der Waals surface area (Å²) < 4.78 is 2.19. The minimum atomic E-state index is 0.863. The number of hydrogen-bond acceptors (Lipinski definition) is 3. The molecule has 4 nitrogen and oxygen atoms in total. The van der Waals surface area contributed by atoms with E-state index in [1.807, 2.05) is 12.3 Å². The lowest BCUT2D eigenvalue weighted by Gasteiger charge is -2.29. The summed E-state index contributed by atoms with van der Waals surface area (Å²) in [6.45, 7) is 4.26. The van der Waals surface area contributed by atoms with E-state index in [1.165, 1.54) is 16.8 Å². The van der Waals surface area contributed by atoms with E-state index in [2.05, 4.69) is 62.2 Å². The van der Waals surface area contributed by atoms with Gasteiger partial charge in [-0.15, -0.1) is 0 Å². The van der Waals surface area contributed by atoms with E-state index in [9.17, 15) is 0 Å². The van der Waals surface area contributed by atoms with Crippen LogP contribution in [0.1, 0.15) is 11.4 Å². The zero-order valence-electron chi connectivity index (χ0n) is 12.6. The smallest absolute Gasteiger partial charge is 0.117 e. The second kappa shape index (κ2) is 5.81. The van der Waals surface area contributed by atoms with Crippen LogP contribution in [-0.2, 0) is 6.42 Å². The fourth-order valence-electron chi connectivity index (χ4n) is 3.07. The Morgan fingerprint density at radius 3 is 2.68 bits per heavy atom. The number of nitrogens with one attached hydrogen (secondary N) is 1. The van der Waals surface area contributed by atoms with Crippen molar-refractivity contribution >= 4 is 11.2 Å². The number of fused-ring (bicyclic) bond motifs is 1. The molecular formula is C18H20N4. The largest absolute Gasteiger partial charge is 0.369 e. The van der Waals surface area contributed by atoms with Crippen molar-refractivity contribution in [2.45, 2.75) is 6.42 Å². The van der Waals surface area contributed by atoms with Crippen LogP contribution in [0.5, 0.6) is 0 Å². The Balaban J connectivity index is 1.62. The summed E-state index contributed by atoms with van der Waals surface area (Å²) in [4.78, 5) is 7.04. The highest BCUT2D eigenvalue weighted by atomic mass is 15.2. The number of rotatable bonds is 3. The van der Waals surface area contributed by atoms with Crippen LogP contribution in [0.2, 0.25) is 0 Å². The van der Waals surface area contributed by atoms with E-state index < -0.39 is 0 Å². The van der Waals surface area contributed by atoms with Crippen LogP contribution in [0.15, 0.2) is 54.9 Å². The highest BCUT2D eigenvalue weighted by molar-refractivity contribution is 5.60. The summed E-state index contributed by atoms with van der Waals surface area (Å²) in [5, 5.41) is 3.39. The Labute approximate surface area is 130 Å². The first-order valence-electron chi connectivity index (χ1n) is 7.86. The van der Waals surface area contributed by atoms with Gasteiger partial charge in [0.05, 0.1) is 11.7 Å². The number of hydrogen-bond donors (Lipinski definition) is 1. The lowest BCUT2D eigenvalue weighted by molar-refractivity contribution is 0.589. The first kappa shape index (κ1) is 13.3. The van der Waals surface area contributed by atoms with Gasteiger partial charge in [0.15, 0.2) is 0 Å². The summed E-state index contributed by atoms with van der Waals surface area (Å²) in [6.07, 6.45) is 4.99. The van der Waals surface area contributed by atoms with Crippen molar-refractivity contribution in [1.29, 1.82) is 0 Å². The molecule has 0 unspecified atom stereocenters. The number of imidazole rings is 1. The molecule has 112 valence electrons. The molecule has 0 atom stereocenters. The number of anilines is 1. The zero-order valence-corrected chi connectivity index (χ0v) is 12.6. The molecule has 3 aromatic rings. The first-order valence-corrected chi connectivity index (χ1v) is 7.86. The first-order chi connectivity index (χ1) is 10.9. The van der Waals surface area contributed by atoms with Crippen LogP contribution in [0.25, 0.3) is 5.52 Å². The van der Waals surface area contributed by atoms with Crippen molar-refractivity contribution in [2.75, 3.05) is 31.1 Å². The van der Waals surface area contributed by atoms with Crippen LogP contribution in [-0.4, -0.2) is 35.6 Å². The number of nitrogens with zero attached hydrogens (tertiary/aromatic N) is 3. The average Bonchev–Trinajstić information content (AvgIpc) is 2.99. The topological polar surface area (TPSA) is 32.6 Å². The number of aromatic nitrogens is 2. The maximum absolute atomic E-state index is 4.61. The second-order valence-electron chi connectivity index (χ2n) is 5.75. The van der Waals surface area contributed by atoms with E-state index in [1.54, 1.807) is 0 Å². The third kappa shape index (κ3) is 2.57. The van der Waals surface area contributed by atoms with Gasteiger partial charge in [-0.3, -0.25) is 0 Å². The van der Waals surface area contributed by atoms with Crippen molar-refractivity contribution < 1.29 is 0 Å². The van der Waals surface area contributed by atoms with E-state index >= 15 is 0 Å². The lowest BCUT2D eigenvalue weighted by Crippen LogP contribution is -2.43. The minimum absolute atomic E-state index is 0.863. The molecule has 0 saturated carbocycles. The third-order valence-corrected chi connectivity index (χ3v) is 4.28.